The van der Waals surface area contributed by atoms with Gasteiger partial charge in [0.1, 0.15) is 0 Å². The van der Waals surface area contributed by atoms with Crippen LogP contribution in [0.5, 0.6) is 0 Å². The third-order valence-corrected chi connectivity index (χ3v) is 4.38. The molecule has 25 heavy (non-hydrogen) atoms. The Morgan fingerprint density at radius 2 is 1.56 bits per heavy atom. The van der Waals surface area contributed by atoms with Crippen LogP contribution in [0.15, 0.2) is 72.3 Å². The van der Waals surface area contributed by atoms with Crippen molar-refractivity contribution in [3.63, 3.8) is 0 Å². The second-order valence-electron chi connectivity index (χ2n) is 6.14. The molecule has 4 heteroatoms. The van der Waals surface area contributed by atoms with E-state index in [4.69, 9.17) is 9.47 Å². The van der Waals surface area contributed by atoms with Crippen LogP contribution in [-0.4, -0.2) is 23.8 Å². The van der Waals surface area contributed by atoms with Gasteiger partial charge in [-0.25, -0.2) is 4.79 Å². The molecule has 0 heterocycles. The average molecular weight is 338 g/mol. The predicted molar refractivity (Wildman–Crippen MR) is 94.9 cm³/mol. The van der Waals surface area contributed by atoms with Gasteiger partial charge in [-0.05, 0) is 17.5 Å². The summed E-state index contributed by atoms with van der Waals surface area (Å²) in [6.45, 7) is 1.28. The number of rotatable bonds is 8. The number of carboxylic acid groups (broad SMARTS) is 1. The number of hydrogen-bond donors (Lipinski definition) is 1. The molecule has 0 spiro atoms. The topological polar surface area (TPSA) is 55.8 Å². The van der Waals surface area contributed by atoms with E-state index in [1.54, 1.807) is 6.08 Å². The molecule has 1 aliphatic rings. The number of carboxylic acids is 1. The lowest BCUT2D eigenvalue weighted by Crippen LogP contribution is -2.27. The Morgan fingerprint density at radius 1 is 0.960 bits per heavy atom. The Balaban J connectivity index is 1.57. The summed E-state index contributed by atoms with van der Waals surface area (Å²) >= 11 is 0. The molecule has 0 aliphatic heterocycles. The summed E-state index contributed by atoms with van der Waals surface area (Å²) in [6.07, 6.45) is 2.20. The first-order chi connectivity index (χ1) is 12.2. The van der Waals surface area contributed by atoms with Gasteiger partial charge in [0.2, 0.25) is 0 Å². The predicted octanol–water partition coefficient (Wildman–Crippen LogP) is 3.82. The van der Waals surface area contributed by atoms with Crippen LogP contribution in [0.3, 0.4) is 0 Å². The average Bonchev–Trinajstić information content (AvgIpc) is 3.05. The normalized spacial score (nSPS) is 19.6. The van der Waals surface area contributed by atoms with Crippen LogP contribution in [0.4, 0.5) is 0 Å². The Morgan fingerprint density at radius 3 is 2.16 bits per heavy atom. The molecule has 0 radical (unpaired) electrons. The third-order valence-electron chi connectivity index (χ3n) is 4.38. The maximum atomic E-state index is 11.5. The van der Waals surface area contributed by atoms with Gasteiger partial charge in [-0.15, -0.1) is 0 Å². The highest BCUT2D eigenvalue weighted by Gasteiger charge is 2.34. The SMILES string of the molecule is O=C(O)C1=CC[C@H](OCc2ccccc2)[C@H]1COCc1ccccc1. The monoisotopic (exact) mass is 338 g/mol. The van der Waals surface area contributed by atoms with E-state index in [1.807, 2.05) is 60.7 Å². The highest BCUT2D eigenvalue weighted by atomic mass is 16.5. The first-order valence-corrected chi connectivity index (χ1v) is 8.44. The van der Waals surface area contributed by atoms with Crippen LogP contribution in [-0.2, 0) is 27.5 Å². The largest absolute Gasteiger partial charge is 0.478 e. The maximum Gasteiger partial charge on any atom is 0.331 e. The van der Waals surface area contributed by atoms with Crippen molar-refractivity contribution in [1.82, 2.24) is 0 Å². The third kappa shape index (κ3) is 4.78. The van der Waals surface area contributed by atoms with Crippen molar-refractivity contribution < 1.29 is 19.4 Å². The lowest BCUT2D eigenvalue weighted by Gasteiger charge is -2.22. The van der Waals surface area contributed by atoms with E-state index >= 15 is 0 Å². The molecule has 130 valence electrons. The van der Waals surface area contributed by atoms with E-state index in [0.29, 0.717) is 31.8 Å². The van der Waals surface area contributed by atoms with Gasteiger partial charge in [0, 0.05) is 11.5 Å². The maximum absolute atomic E-state index is 11.5. The fraction of sp³-hybridized carbons (Fsp3) is 0.286. The molecule has 0 bridgehead atoms. The second kappa shape index (κ2) is 8.60. The van der Waals surface area contributed by atoms with Gasteiger partial charge in [0.05, 0.1) is 25.9 Å². The molecule has 4 nitrogen and oxygen atoms in total. The second-order valence-corrected chi connectivity index (χ2v) is 6.14. The van der Waals surface area contributed by atoms with E-state index in [9.17, 15) is 9.90 Å². The van der Waals surface area contributed by atoms with Crippen molar-refractivity contribution >= 4 is 5.97 Å². The van der Waals surface area contributed by atoms with E-state index in [2.05, 4.69) is 0 Å². The van der Waals surface area contributed by atoms with Crippen LogP contribution >= 0.6 is 0 Å². The fourth-order valence-corrected chi connectivity index (χ4v) is 3.04. The Hall–Kier alpha value is -2.43. The summed E-state index contributed by atoms with van der Waals surface area (Å²) in [5.74, 6) is -1.14. The molecule has 0 saturated heterocycles. The molecule has 0 amide bonds. The van der Waals surface area contributed by atoms with Gasteiger partial charge in [0.25, 0.3) is 0 Å². The fourth-order valence-electron chi connectivity index (χ4n) is 3.04. The number of hydrogen-bond acceptors (Lipinski definition) is 3. The van der Waals surface area contributed by atoms with E-state index in [-0.39, 0.29) is 12.0 Å². The van der Waals surface area contributed by atoms with E-state index < -0.39 is 5.97 Å². The summed E-state index contributed by atoms with van der Waals surface area (Å²) in [5.41, 5.74) is 2.55. The molecule has 3 rings (SSSR count). The molecule has 2 aromatic carbocycles. The van der Waals surface area contributed by atoms with Gasteiger partial charge in [-0.1, -0.05) is 66.7 Å². The van der Waals surface area contributed by atoms with Gasteiger partial charge in [0.15, 0.2) is 0 Å². The Kier molecular flexibility index (Phi) is 5.99. The number of benzene rings is 2. The zero-order valence-corrected chi connectivity index (χ0v) is 14.0. The Bertz CT molecular complexity index is 709. The molecule has 2 atom stereocenters. The van der Waals surface area contributed by atoms with Crippen molar-refractivity contribution in [1.29, 1.82) is 0 Å². The first kappa shape index (κ1) is 17.4. The van der Waals surface area contributed by atoms with Crippen molar-refractivity contribution in [2.75, 3.05) is 6.61 Å². The van der Waals surface area contributed by atoms with Crippen molar-refractivity contribution in [2.24, 2.45) is 5.92 Å². The highest BCUT2D eigenvalue weighted by Crippen LogP contribution is 2.30. The van der Waals surface area contributed by atoms with E-state index in [0.717, 1.165) is 11.1 Å². The van der Waals surface area contributed by atoms with Gasteiger partial charge >= 0.3 is 5.97 Å². The molecular weight excluding hydrogens is 316 g/mol. The van der Waals surface area contributed by atoms with Crippen LogP contribution in [0.25, 0.3) is 0 Å². The number of carbonyl (C=O) groups is 1. The smallest absolute Gasteiger partial charge is 0.331 e. The minimum atomic E-state index is -0.890. The molecule has 2 aromatic rings. The van der Waals surface area contributed by atoms with Crippen LogP contribution in [0.1, 0.15) is 17.5 Å². The zero-order valence-electron chi connectivity index (χ0n) is 14.0. The highest BCUT2D eigenvalue weighted by molar-refractivity contribution is 5.88. The summed E-state index contributed by atoms with van der Waals surface area (Å²) in [7, 11) is 0. The van der Waals surface area contributed by atoms with Gasteiger partial charge < -0.3 is 14.6 Å². The van der Waals surface area contributed by atoms with Gasteiger partial charge in [-0.3, -0.25) is 0 Å². The molecule has 0 unspecified atom stereocenters. The molecule has 1 aliphatic carbocycles. The zero-order chi connectivity index (χ0) is 17.5. The summed E-state index contributed by atoms with van der Waals surface area (Å²) in [5, 5.41) is 9.42. The molecule has 1 N–H and O–H groups in total. The lowest BCUT2D eigenvalue weighted by molar-refractivity contribution is -0.134. The molecule has 0 aromatic heterocycles. The molecule has 0 fully saturated rings. The molecule has 0 saturated carbocycles. The Labute approximate surface area is 147 Å². The summed E-state index contributed by atoms with van der Waals surface area (Å²) in [4.78, 5) is 11.5. The van der Waals surface area contributed by atoms with Crippen LogP contribution in [0.2, 0.25) is 0 Å². The first-order valence-electron chi connectivity index (χ1n) is 8.44. The number of ether oxygens (including phenoxy) is 2. The number of aliphatic carboxylic acids is 1. The molecular formula is C21H22O4. The summed E-state index contributed by atoms with van der Waals surface area (Å²) < 4.78 is 11.8. The van der Waals surface area contributed by atoms with Crippen molar-refractivity contribution in [3.8, 4) is 0 Å². The van der Waals surface area contributed by atoms with Crippen molar-refractivity contribution in [3.05, 3.63) is 83.4 Å². The summed E-state index contributed by atoms with van der Waals surface area (Å²) in [6, 6.07) is 19.8. The standard InChI is InChI=1S/C21H22O4/c22-21(23)18-11-12-20(25-14-17-9-5-2-6-10-17)19(18)15-24-13-16-7-3-1-4-8-16/h1-11,19-20H,12-15H2,(H,22,23)/t19-,20-/m0/s1. The lowest BCUT2D eigenvalue weighted by atomic mass is 10.00. The minimum Gasteiger partial charge on any atom is -0.478 e. The van der Waals surface area contributed by atoms with Crippen LogP contribution in [0, 0.1) is 5.92 Å². The minimum absolute atomic E-state index is 0.165. The van der Waals surface area contributed by atoms with Crippen LogP contribution < -0.4 is 0 Å². The van der Waals surface area contributed by atoms with E-state index in [1.165, 1.54) is 0 Å². The van der Waals surface area contributed by atoms with Crippen molar-refractivity contribution in [2.45, 2.75) is 25.7 Å². The van der Waals surface area contributed by atoms with Gasteiger partial charge in [-0.2, -0.15) is 0 Å². The quantitative estimate of drug-likeness (QED) is 0.795.